The van der Waals surface area contributed by atoms with Gasteiger partial charge in [-0.3, -0.25) is 14.2 Å². The molecule has 1 amide bonds. The molecule has 3 aromatic rings. The van der Waals surface area contributed by atoms with E-state index >= 15 is 0 Å². The fourth-order valence-electron chi connectivity index (χ4n) is 4.18. The fraction of sp³-hybridized carbons (Fsp3) is 0.435. The number of esters is 1. The van der Waals surface area contributed by atoms with Gasteiger partial charge >= 0.3 is 11.7 Å². The summed E-state index contributed by atoms with van der Waals surface area (Å²) in [5, 5.41) is 3.25. The minimum atomic E-state index is -0.676. The van der Waals surface area contributed by atoms with Crippen molar-refractivity contribution in [1.82, 2.24) is 14.1 Å². The molecular weight excluding hydrogens is 460 g/mol. The Morgan fingerprint density at radius 3 is 2.68 bits per heavy atom. The van der Waals surface area contributed by atoms with Gasteiger partial charge < -0.3 is 14.8 Å². The Morgan fingerprint density at radius 1 is 1.18 bits per heavy atom. The van der Waals surface area contributed by atoms with Crippen LogP contribution in [0.4, 0.5) is 5.00 Å². The second-order valence-corrected chi connectivity index (χ2v) is 8.96. The third-order valence-electron chi connectivity index (χ3n) is 5.69. The van der Waals surface area contributed by atoms with Crippen molar-refractivity contribution in [2.45, 2.75) is 46.1 Å². The third-order valence-corrected chi connectivity index (χ3v) is 6.90. The van der Waals surface area contributed by atoms with Gasteiger partial charge in [-0.15, -0.1) is 11.3 Å². The molecule has 10 nitrogen and oxygen atoms in total. The van der Waals surface area contributed by atoms with E-state index < -0.39 is 29.7 Å². The fourth-order valence-corrected chi connectivity index (χ4v) is 5.47. The summed E-state index contributed by atoms with van der Waals surface area (Å²) in [4.78, 5) is 56.9. The zero-order valence-electron chi connectivity index (χ0n) is 19.3. The van der Waals surface area contributed by atoms with Crippen LogP contribution in [0.25, 0.3) is 11.0 Å². The molecule has 0 aromatic carbocycles. The maximum Gasteiger partial charge on any atom is 0.341 e. The molecular formula is C23H26N4O6S. The highest BCUT2D eigenvalue weighted by Gasteiger charge is 2.27. The molecule has 4 rings (SSSR count). The monoisotopic (exact) mass is 486 g/mol. The average molecular weight is 487 g/mol. The zero-order chi connectivity index (χ0) is 24.4. The first-order chi connectivity index (χ1) is 16.4. The van der Waals surface area contributed by atoms with Gasteiger partial charge in [0.05, 0.1) is 18.8 Å². The van der Waals surface area contributed by atoms with Crippen LogP contribution in [0.2, 0.25) is 0 Å². The van der Waals surface area contributed by atoms with Crippen molar-refractivity contribution in [3.63, 3.8) is 0 Å². The number of ether oxygens (including phenoxy) is 2. The summed E-state index contributed by atoms with van der Waals surface area (Å²) in [5.74, 6) is -0.786. The van der Waals surface area contributed by atoms with Crippen molar-refractivity contribution in [2.75, 3.05) is 18.5 Å². The smallest absolute Gasteiger partial charge is 0.341 e. The molecule has 0 aliphatic heterocycles. The number of amides is 1. The summed E-state index contributed by atoms with van der Waals surface area (Å²) < 4.78 is 12.8. The second kappa shape index (κ2) is 9.80. The quantitative estimate of drug-likeness (QED) is 0.508. The molecule has 0 saturated heterocycles. The van der Waals surface area contributed by atoms with Gasteiger partial charge in [-0.1, -0.05) is 0 Å². The lowest BCUT2D eigenvalue weighted by atomic mass is 9.95. The molecule has 3 aromatic heterocycles. The zero-order valence-corrected chi connectivity index (χ0v) is 20.1. The van der Waals surface area contributed by atoms with Gasteiger partial charge in [-0.25, -0.2) is 19.1 Å². The van der Waals surface area contributed by atoms with Crippen LogP contribution in [-0.2, 0) is 36.0 Å². The van der Waals surface area contributed by atoms with Crippen molar-refractivity contribution in [3.05, 3.63) is 49.1 Å². The lowest BCUT2D eigenvalue weighted by molar-refractivity contribution is -0.116. The lowest BCUT2D eigenvalue weighted by Crippen LogP contribution is -2.42. The Morgan fingerprint density at radius 2 is 1.94 bits per heavy atom. The number of nitrogens with zero attached hydrogens (tertiary/aromatic N) is 3. The standard InChI is InChI=1S/C23H26N4O6S/c1-4-32-14-10-11-24-19-18(14)21(29)27(23(31)26(19)3)12-16(28)25-20-17(22(30)33-5-2)13-8-6-7-9-15(13)34-20/h10-11H,4-9,12H2,1-3H3,(H,25,28). The highest BCUT2D eigenvalue weighted by Crippen LogP contribution is 2.38. The van der Waals surface area contributed by atoms with Gasteiger partial charge in [0.1, 0.15) is 22.7 Å². The number of hydrogen-bond acceptors (Lipinski definition) is 8. The number of aromatic nitrogens is 3. The number of hydrogen-bond donors (Lipinski definition) is 1. The maximum atomic E-state index is 13.2. The Labute approximate surface area is 199 Å². The summed E-state index contributed by atoms with van der Waals surface area (Å²) in [6.07, 6.45) is 5.01. The first-order valence-corrected chi connectivity index (χ1v) is 12.0. The number of fused-ring (bicyclic) bond motifs is 2. The molecule has 0 unspecified atom stereocenters. The molecule has 0 radical (unpaired) electrons. The van der Waals surface area contributed by atoms with Crippen LogP contribution in [0.5, 0.6) is 5.75 Å². The van der Waals surface area contributed by atoms with Crippen LogP contribution in [0.3, 0.4) is 0 Å². The van der Waals surface area contributed by atoms with Gasteiger partial charge in [-0.2, -0.15) is 0 Å². The SMILES string of the molecule is CCOC(=O)c1c(NC(=O)Cn2c(=O)c3c(OCC)ccnc3n(C)c2=O)sc2c1CCCC2. The number of carbonyl (C=O) groups excluding carboxylic acids is 2. The van der Waals surface area contributed by atoms with E-state index in [-0.39, 0.29) is 23.4 Å². The van der Waals surface area contributed by atoms with Crippen molar-refractivity contribution in [2.24, 2.45) is 7.05 Å². The van der Waals surface area contributed by atoms with Gasteiger partial charge in [0.15, 0.2) is 5.65 Å². The normalized spacial score (nSPS) is 12.9. The summed E-state index contributed by atoms with van der Waals surface area (Å²) in [5.41, 5.74) is 0.117. The molecule has 1 N–H and O–H groups in total. The summed E-state index contributed by atoms with van der Waals surface area (Å²) in [6, 6.07) is 1.55. The van der Waals surface area contributed by atoms with Crippen LogP contribution in [-0.4, -0.2) is 39.2 Å². The minimum Gasteiger partial charge on any atom is -0.493 e. The maximum absolute atomic E-state index is 13.2. The number of thiophene rings is 1. The number of nitrogens with one attached hydrogen (secondary N) is 1. The van der Waals surface area contributed by atoms with E-state index in [0.29, 0.717) is 17.2 Å². The van der Waals surface area contributed by atoms with Crippen molar-refractivity contribution in [3.8, 4) is 5.75 Å². The van der Waals surface area contributed by atoms with E-state index in [1.54, 1.807) is 19.9 Å². The molecule has 3 heterocycles. The average Bonchev–Trinajstić information content (AvgIpc) is 3.18. The number of carbonyl (C=O) groups is 2. The number of rotatable bonds is 7. The molecule has 11 heteroatoms. The van der Waals surface area contributed by atoms with Gasteiger partial charge in [0.2, 0.25) is 5.91 Å². The predicted molar refractivity (Wildman–Crippen MR) is 128 cm³/mol. The predicted octanol–water partition coefficient (Wildman–Crippen LogP) is 2.25. The molecule has 34 heavy (non-hydrogen) atoms. The number of aryl methyl sites for hydroxylation is 2. The topological polar surface area (TPSA) is 122 Å². The van der Waals surface area contributed by atoms with Crippen LogP contribution in [0.15, 0.2) is 21.9 Å². The molecule has 0 fully saturated rings. The Kier molecular flexibility index (Phi) is 6.82. The first-order valence-electron chi connectivity index (χ1n) is 11.2. The van der Waals surface area contributed by atoms with E-state index in [2.05, 4.69) is 10.3 Å². The van der Waals surface area contributed by atoms with E-state index in [1.165, 1.54) is 29.1 Å². The summed E-state index contributed by atoms with van der Waals surface area (Å²) >= 11 is 1.34. The van der Waals surface area contributed by atoms with Crippen LogP contribution < -0.4 is 21.3 Å². The summed E-state index contributed by atoms with van der Waals surface area (Å²) in [7, 11) is 1.48. The van der Waals surface area contributed by atoms with Gasteiger partial charge in [0, 0.05) is 18.1 Å². The molecule has 180 valence electrons. The van der Waals surface area contributed by atoms with Gasteiger partial charge in [-0.05, 0) is 51.2 Å². The first kappa shape index (κ1) is 23.7. The van der Waals surface area contributed by atoms with E-state index in [0.717, 1.165) is 40.7 Å². The van der Waals surface area contributed by atoms with E-state index in [1.807, 2.05) is 0 Å². The highest BCUT2D eigenvalue weighted by atomic mass is 32.1. The summed E-state index contributed by atoms with van der Waals surface area (Å²) in [6.45, 7) is 3.52. The second-order valence-electron chi connectivity index (χ2n) is 7.86. The third kappa shape index (κ3) is 4.23. The van der Waals surface area contributed by atoms with E-state index in [9.17, 15) is 19.2 Å². The molecule has 1 aliphatic rings. The van der Waals surface area contributed by atoms with Crippen LogP contribution >= 0.6 is 11.3 Å². The van der Waals surface area contributed by atoms with Crippen molar-refractivity contribution < 1.29 is 19.1 Å². The molecule has 0 atom stereocenters. The number of pyridine rings is 1. The van der Waals surface area contributed by atoms with E-state index in [4.69, 9.17) is 9.47 Å². The molecule has 0 spiro atoms. The largest absolute Gasteiger partial charge is 0.493 e. The molecule has 0 bridgehead atoms. The van der Waals surface area contributed by atoms with Crippen molar-refractivity contribution in [1.29, 1.82) is 0 Å². The molecule has 1 aliphatic carbocycles. The molecule has 0 saturated carbocycles. The Hall–Kier alpha value is -3.47. The van der Waals surface area contributed by atoms with Crippen molar-refractivity contribution >= 4 is 39.2 Å². The van der Waals surface area contributed by atoms with Gasteiger partial charge in [0.25, 0.3) is 5.56 Å². The Balaban J connectivity index is 1.71. The Bertz CT molecular complexity index is 1390. The number of anilines is 1. The lowest BCUT2D eigenvalue weighted by Gasteiger charge is -2.13. The highest BCUT2D eigenvalue weighted by molar-refractivity contribution is 7.17. The minimum absolute atomic E-state index is 0.123. The van der Waals surface area contributed by atoms with Crippen LogP contribution in [0, 0.1) is 0 Å². The van der Waals surface area contributed by atoms with Crippen LogP contribution in [0.1, 0.15) is 47.5 Å².